The summed E-state index contributed by atoms with van der Waals surface area (Å²) in [5.41, 5.74) is 3.66. The van der Waals surface area contributed by atoms with Crippen molar-refractivity contribution in [2.75, 3.05) is 0 Å². The minimum atomic E-state index is 0. The van der Waals surface area contributed by atoms with Crippen LogP contribution in [0.5, 0.6) is 0 Å². The standard InChI is InChI=1S/2C10H8N2.2CNO.Ru/c2*1-3-7-11-9(5-1)10-6-2-4-8-12-10;2*2-1-3;/h2*1-8H;;;/q;;2*-1;+2. The first-order valence-electron chi connectivity index (χ1n) is 8.44. The van der Waals surface area contributed by atoms with Crippen LogP contribution in [0.1, 0.15) is 0 Å². The Morgan fingerprint density at radius 2 is 0.677 bits per heavy atom. The number of carbonyl (C=O) groups excluding carboxylic acids is 2. The maximum Gasteiger partial charge on any atom is 2.00 e. The zero-order valence-electron chi connectivity index (χ0n) is 16.1. The van der Waals surface area contributed by atoms with Crippen molar-refractivity contribution >= 4 is 12.2 Å². The summed E-state index contributed by atoms with van der Waals surface area (Å²) in [6.07, 6.45) is 8.07. The molecule has 0 aliphatic rings. The van der Waals surface area contributed by atoms with Crippen molar-refractivity contribution in [1.82, 2.24) is 19.9 Å². The fraction of sp³-hybridized carbons (Fsp3) is 0. The number of pyridine rings is 4. The molecule has 9 heteroatoms. The van der Waals surface area contributed by atoms with E-state index in [4.69, 9.17) is 20.4 Å². The topological polar surface area (TPSA) is 130 Å². The quantitative estimate of drug-likeness (QED) is 0.233. The molecule has 0 atom stereocenters. The van der Waals surface area contributed by atoms with Gasteiger partial charge in [-0.05, 0) is 60.7 Å². The summed E-state index contributed by atoms with van der Waals surface area (Å²) in [4.78, 5) is 33.2. The molecular weight excluding hydrogens is 481 g/mol. The second kappa shape index (κ2) is 18.0. The Hall–Kier alpha value is -4.02. The Morgan fingerprint density at radius 3 is 0.806 bits per heavy atom. The van der Waals surface area contributed by atoms with E-state index < -0.39 is 0 Å². The van der Waals surface area contributed by atoms with E-state index in [0.717, 1.165) is 22.8 Å². The predicted octanol–water partition coefficient (Wildman–Crippen LogP) is 4.07. The minimum absolute atomic E-state index is 0. The summed E-state index contributed by atoms with van der Waals surface area (Å²) >= 11 is 0. The summed E-state index contributed by atoms with van der Waals surface area (Å²) in [6, 6.07) is 23.2. The molecule has 0 N–H and O–H groups in total. The maximum atomic E-state index is 8.24. The van der Waals surface area contributed by atoms with Crippen LogP contribution in [0.2, 0.25) is 0 Å². The normalized spacial score (nSPS) is 8.00. The van der Waals surface area contributed by atoms with Crippen molar-refractivity contribution in [1.29, 1.82) is 0 Å². The molecule has 0 fully saturated rings. The van der Waals surface area contributed by atoms with E-state index in [1.54, 1.807) is 24.8 Å². The Balaban J connectivity index is 0.000000453. The van der Waals surface area contributed by atoms with Gasteiger partial charge in [-0.25, -0.2) is 0 Å². The van der Waals surface area contributed by atoms with Gasteiger partial charge >= 0.3 is 19.5 Å². The van der Waals surface area contributed by atoms with Crippen LogP contribution >= 0.6 is 0 Å². The van der Waals surface area contributed by atoms with E-state index in [0.29, 0.717) is 12.2 Å². The summed E-state index contributed by atoms with van der Waals surface area (Å²) in [7, 11) is 0. The van der Waals surface area contributed by atoms with Gasteiger partial charge in [0.25, 0.3) is 0 Å². The Morgan fingerprint density at radius 1 is 0.484 bits per heavy atom. The van der Waals surface area contributed by atoms with Crippen molar-refractivity contribution in [2.45, 2.75) is 0 Å². The fourth-order valence-electron chi connectivity index (χ4n) is 2.06. The average Bonchev–Trinajstić information content (AvgIpc) is 2.83. The third kappa shape index (κ3) is 11.5. The number of rotatable bonds is 2. The molecule has 0 bridgehead atoms. The van der Waals surface area contributed by atoms with Crippen molar-refractivity contribution in [3.63, 3.8) is 0 Å². The van der Waals surface area contributed by atoms with Crippen LogP contribution in [0, 0.1) is 0 Å². The van der Waals surface area contributed by atoms with E-state index in [-0.39, 0.29) is 19.5 Å². The van der Waals surface area contributed by atoms with Gasteiger partial charge in [-0.2, -0.15) is 0 Å². The number of aromatic nitrogens is 4. The molecule has 154 valence electrons. The second-order valence-electron chi connectivity index (χ2n) is 5.04. The van der Waals surface area contributed by atoms with Crippen molar-refractivity contribution < 1.29 is 29.1 Å². The van der Waals surface area contributed by atoms with Crippen LogP contribution in [-0.2, 0) is 29.1 Å². The van der Waals surface area contributed by atoms with Gasteiger partial charge in [-0.15, -0.1) is 0 Å². The summed E-state index contributed by atoms with van der Waals surface area (Å²) < 4.78 is 0. The van der Waals surface area contributed by atoms with Gasteiger partial charge in [-0.1, -0.05) is 24.3 Å². The molecule has 4 aromatic rings. The molecule has 0 spiro atoms. The number of nitrogens with zero attached hydrogens (tertiary/aromatic N) is 6. The van der Waals surface area contributed by atoms with E-state index in [9.17, 15) is 0 Å². The maximum absolute atomic E-state index is 8.24. The van der Waals surface area contributed by atoms with E-state index in [2.05, 4.69) is 19.9 Å². The molecule has 31 heavy (non-hydrogen) atoms. The van der Waals surface area contributed by atoms with Crippen LogP contribution in [-0.4, -0.2) is 32.1 Å². The van der Waals surface area contributed by atoms with Crippen molar-refractivity contribution in [2.24, 2.45) is 0 Å². The molecule has 4 aromatic heterocycles. The first-order valence-corrected chi connectivity index (χ1v) is 8.44. The number of hydrogen-bond acceptors (Lipinski definition) is 6. The zero-order valence-corrected chi connectivity index (χ0v) is 17.8. The molecule has 0 saturated heterocycles. The van der Waals surface area contributed by atoms with Gasteiger partial charge < -0.3 is 10.8 Å². The van der Waals surface area contributed by atoms with Gasteiger partial charge in [0.1, 0.15) is 0 Å². The Bertz CT molecular complexity index is 863. The fourth-order valence-corrected chi connectivity index (χ4v) is 2.06. The molecule has 0 aliphatic heterocycles. The smallest absolute Gasteiger partial charge is 0.724 e. The molecule has 0 amide bonds. The molecule has 0 aromatic carbocycles. The largest absolute Gasteiger partial charge is 2.00 e. The summed E-state index contributed by atoms with van der Waals surface area (Å²) in [5.74, 6) is 0. The van der Waals surface area contributed by atoms with Gasteiger partial charge in [0.15, 0.2) is 0 Å². The zero-order chi connectivity index (χ0) is 21.9. The monoisotopic (exact) mass is 498 g/mol. The van der Waals surface area contributed by atoms with Crippen LogP contribution < -0.4 is 0 Å². The number of hydrogen-bond donors (Lipinski definition) is 0. The molecular formula is C22H16N6O2Ru. The van der Waals surface area contributed by atoms with Gasteiger partial charge in [-0.3, -0.25) is 29.5 Å². The second-order valence-corrected chi connectivity index (χ2v) is 5.04. The first kappa shape index (κ1) is 27.0. The molecule has 0 aliphatic carbocycles. The van der Waals surface area contributed by atoms with Crippen molar-refractivity contribution in [3.8, 4) is 22.8 Å². The third-order valence-electron chi connectivity index (χ3n) is 3.18. The van der Waals surface area contributed by atoms with E-state index in [1.807, 2.05) is 72.8 Å². The Labute approximate surface area is 192 Å². The molecule has 4 heterocycles. The average molecular weight is 497 g/mol. The summed E-state index contributed by atoms with van der Waals surface area (Å²) in [5, 5.41) is 13.5. The van der Waals surface area contributed by atoms with Gasteiger partial charge in [0.05, 0.1) is 22.8 Å². The van der Waals surface area contributed by atoms with Gasteiger partial charge in [0, 0.05) is 24.8 Å². The van der Waals surface area contributed by atoms with Crippen LogP contribution in [0.4, 0.5) is 0 Å². The Kier molecular flexibility index (Phi) is 15.7. The third-order valence-corrected chi connectivity index (χ3v) is 3.18. The number of isocyanates is 2. The van der Waals surface area contributed by atoms with Gasteiger partial charge in [0.2, 0.25) is 0 Å². The van der Waals surface area contributed by atoms with E-state index >= 15 is 0 Å². The SMILES string of the molecule is [N-]=C=O.[N-]=C=O.[Ru+2].c1ccc(-c2ccccn2)nc1.c1ccc(-c2ccccn2)nc1. The van der Waals surface area contributed by atoms with Crippen LogP contribution in [0.25, 0.3) is 33.6 Å². The molecule has 0 saturated carbocycles. The van der Waals surface area contributed by atoms with Crippen LogP contribution in [0.15, 0.2) is 97.6 Å². The minimum Gasteiger partial charge on any atom is -0.724 e. The van der Waals surface area contributed by atoms with Crippen molar-refractivity contribution in [3.05, 3.63) is 108 Å². The summed E-state index contributed by atoms with van der Waals surface area (Å²) in [6.45, 7) is 0. The van der Waals surface area contributed by atoms with Crippen LogP contribution in [0.3, 0.4) is 0 Å². The molecule has 0 unspecified atom stereocenters. The molecule has 8 nitrogen and oxygen atoms in total. The molecule has 4 rings (SSSR count). The molecule has 0 radical (unpaired) electrons. The van der Waals surface area contributed by atoms with E-state index in [1.165, 1.54) is 0 Å². The first-order chi connectivity index (χ1) is 14.8. The predicted molar refractivity (Wildman–Crippen MR) is 113 cm³/mol.